The molecule has 1 N–H and O–H groups in total. The van der Waals surface area contributed by atoms with Crippen molar-refractivity contribution in [1.82, 2.24) is 10.2 Å². The summed E-state index contributed by atoms with van der Waals surface area (Å²) < 4.78 is 10.6. The highest BCUT2D eigenvalue weighted by molar-refractivity contribution is 4.60. The molecule has 0 radical (unpaired) electrons. The molecular formula is C13H30N2O2. The summed E-state index contributed by atoms with van der Waals surface area (Å²) in [5.41, 5.74) is 0. The van der Waals surface area contributed by atoms with Crippen molar-refractivity contribution in [2.75, 3.05) is 59.7 Å². The van der Waals surface area contributed by atoms with Crippen molar-refractivity contribution in [2.24, 2.45) is 0 Å². The van der Waals surface area contributed by atoms with Gasteiger partial charge in [-0.15, -0.1) is 0 Å². The first-order valence-corrected chi connectivity index (χ1v) is 6.87. The van der Waals surface area contributed by atoms with Crippen LogP contribution in [0.4, 0.5) is 0 Å². The molecule has 0 aliphatic carbocycles. The lowest BCUT2D eigenvalue weighted by Crippen LogP contribution is -2.38. The maximum Gasteiger partial charge on any atom is 0.0594 e. The first-order chi connectivity index (χ1) is 8.35. The third kappa shape index (κ3) is 12.1. The Labute approximate surface area is 107 Å². The van der Waals surface area contributed by atoms with Crippen molar-refractivity contribution in [3.63, 3.8) is 0 Å². The first kappa shape index (κ1) is 16.8. The van der Waals surface area contributed by atoms with Gasteiger partial charge in [0.2, 0.25) is 0 Å². The Morgan fingerprint density at radius 1 is 1.12 bits per heavy atom. The van der Waals surface area contributed by atoms with Crippen molar-refractivity contribution in [1.29, 1.82) is 0 Å². The monoisotopic (exact) mass is 246 g/mol. The summed E-state index contributed by atoms with van der Waals surface area (Å²) in [6.45, 7) is 12.1. The van der Waals surface area contributed by atoms with E-state index >= 15 is 0 Å². The molecule has 0 aromatic heterocycles. The molecular weight excluding hydrogens is 216 g/mol. The van der Waals surface area contributed by atoms with Gasteiger partial charge in [0.15, 0.2) is 0 Å². The second-order valence-electron chi connectivity index (χ2n) is 4.17. The fourth-order valence-electron chi connectivity index (χ4n) is 1.51. The van der Waals surface area contributed by atoms with E-state index in [0.717, 1.165) is 59.0 Å². The zero-order valence-electron chi connectivity index (χ0n) is 11.8. The van der Waals surface area contributed by atoms with Gasteiger partial charge in [0.05, 0.1) is 19.8 Å². The van der Waals surface area contributed by atoms with Crippen LogP contribution < -0.4 is 5.32 Å². The minimum Gasteiger partial charge on any atom is -0.380 e. The third-order valence-corrected chi connectivity index (χ3v) is 2.50. The van der Waals surface area contributed by atoms with E-state index in [1.807, 2.05) is 7.05 Å². The Morgan fingerprint density at radius 2 is 1.82 bits per heavy atom. The lowest BCUT2D eigenvalue weighted by atomic mass is 10.4. The second-order valence-corrected chi connectivity index (χ2v) is 4.17. The average molecular weight is 246 g/mol. The van der Waals surface area contributed by atoms with Crippen molar-refractivity contribution >= 4 is 0 Å². The van der Waals surface area contributed by atoms with Crippen LogP contribution in [0.5, 0.6) is 0 Å². The van der Waals surface area contributed by atoms with Crippen molar-refractivity contribution in [3.8, 4) is 0 Å². The summed E-state index contributed by atoms with van der Waals surface area (Å²) in [7, 11) is 1.96. The van der Waals surface area contributed by atoms with E-state index in [1.165, 1.54) is 6.42 Å². The normalized spacial score (nSPS) is 16.4. The SMILES string of the molecule is CCCNC.CCCOCCN1CCOCC1. The van der Waals surface area contributed by atoms with Gasteiger partial charge in [-0.2, -0.15) is 0 Å². The van der Waals surface area contributed by atoms with Crippen LogP contribution in [-0.2, 0) is 9.47 Å². The Bertz CT molecular complexity index is 137. The van der Waals surface area contributed by atoms with Gasteiger partial charge in [0.25, 0.3) is 0 Å². The van der Waals surface area contributed by atoms with E-state index in [2.05, 4.69) is 24.1 Å². The largest absolute Gasteiger partial charge is 0.380 e. The number of hydrogen-bond acceptors (Lipinski definition) is 4. The fraction of sp³-hybridized carbons (Fsp3) is 1.00. The zero-order chi connectivity index (χ0) is 12.8. The highest BCUT2D eigenvalue weighted by atomic mass is 16.5. The lowest BCUT2D eigenvalue weighted by Gasteiger charge is -2.26. The first-order valence-electron chi connectivity index (χ1n) is 6.87. The van der Waals surface area contributed by atoms with Crippen molar-refractivity contribution in [2.45, 2.75) is 26.7 Å². The highest BCUT2D eigenvalue weighted by Gasteiger charge is 2.08. The topological polar surface area (TPSA) is 33.7 Å². The minimum absolute atomic E-state index is 0.869. The molecule has 0 unspecified atom stereocenters. The number of nitrogens with one attached hydrogen (secondary N) is 1. The van der Waals surface area contributed by atoms with Crippen LogP contribution in [0, 0.1) is 0 Å². The molecule has 4 nitrogen and oxygen atoms in total. The second kappa shape index (κ2) is 13.9. The van der Waals surface area contributed by atoms with E-state index in [9.17, 15) is 0 Å². The van der Waals surface area contributed by atoms with Crippen LogP contribution in [0.25, 0.3) is 0 Å². The Morgan fingerprint density at radius 3 is 2.29 bits per heavy atom. The molecule has 1 heterocycles. The number of ether oxygens (including phenoxy) is 2. The molecule has 0 saturated carbocycles. The molecule has 4 heteroatoms. The molecule has 1 fully saturated rings. The summed E-state index contributed by atoms with van der Waals surface area (Å²) in [5, 5.41) is 3.02. The Balaban J connectivity index is 0.000000437. The van der Waals surface area contributed by atoms with E-state index < -0.39 is 0 Å². The third-order valence-electron chi connectivity index (χ3n) is 2.50. The number of morpholine rings is 1. The molecule has 0 atom stereocenters. The van der Waals surface area contributed by atoms with Crippen LogP contribution in [0.15, 0.2) is 0 Å². The molecule has 1 rings (SSSR count). The molecule has 1 saturated heterocycles. The van der Waals surface area contributed by atoms with Crippen LogP contribution in [-0.4, -0.2) is 64.6 Å². The Hall–Kier alpha value is -0.160. The van der Waals surface area contributed by atoms with Gasteiger partial charge in [-0.1, -0.05) is 13.8 Å². The zero-order valence-corrected chi connectivity index (χ0v) is 11.8. The molecule has 104 valence electrons. The average Bonchev–Trinajstić information content (AvgIpc) is 2.38. The molecule has 0 aromatic carbocycles. The molecule has 1 aliphatic rings. The van der Waals surface area contributed by atoms with Crippen molar-refractivity contribution in [3.05, 3.63) is 0 Å². The molecule has 1 aliphatic heterocycles. The van der Waals surface area contributed by atoms with Gasteiger partial charge in [-0.05, 0) is 26.4 Å². The fourth-order valence-corrected chi connectivity index (χ4v) is 1.51. The van der Waals surface area contributed by atoms with Crippen molar-refractivity contribution < 1.29 is 9.47 Å². The summed E-state index contributed by atoms with van der Waals surface area (Å²) in [5.74, 6) is 0. The predicted molar refractivity (Wildman–Crippen MR) is 72.6 cm³/mol. The standard InChI is InChI=1S/C9H19NO2.C4H11N/c1-2-6-11-7-3-10-4-8-12-9-5-10;1-3-4-5-2/h2-9H2,1H3;5H,3-4H2,1-2H3. The van der Waals surface area contributed by atoms with E-state index in [1.54, 1.807) is 0 Å². The minimum atomic E-state index is 0.869. The van der Waals surface area contributed by atoms with E-state index in [0.29, 0.717) is 0 Å². The predicted octanol–water partition coefficient (Wildman–Crippen LogP) is 1.36. The summed E-state index contributed by atoms with van der Waals surface area (Å²) in [4.78, 5) is 2.39. The molecule has 17 heavy (non-hydrogen) atoms. The smallest absolute Gasteiger partial charge is 0.0594 e. The number of nitrogens with zero attached hydrogens (tertiary/aromatic N) is 1. The summed E-state index contributed by atoms with van der Waals surface area (Å²) in [6.07, 6.45) is 2.35. The lowest BCUT2D eigenvalue weighted by molar-refractivity contribution is 0.0205. The maximum absolute atomic E-state index is 5.40. The Kier molecular flexibility index (Phi) is 13.8. The van der Waals surface area contributed by atoms with Crippen LogP contribution in [0.3, 0.4) is 0 Å². The van der Waals surface area contributed by atoms with Gasteiger partial charge in [0, 0.05) is 26.2 Å². The molecule has 0 spiro atoms. The van der Waals surface area contributed by atoms with Gasteiger partial charge >= 0.3 is 0 Å². The quantitative estimate of drug-likeness (QED) is 0.688. The molecule has 0 bridgehead atoms. The van der Waals surface area contributed by atoms with Crippen LogP contribution >= 0.6 is 0 Å². The highest BCUT2D eigenvalue weighted by Crippen LogP contribution is 1.95. The van der Waals surface area contributed by atoms with E-state index in [-0.39, 0.29) is 0 Å². The van der Waals surface area contributed by atoms with Gasteiger partial charge in [0.1, 0.15) is 0 Å². The molecule has 0 amide bonds. The van der Waals surface area contributed by atoms with Gasteiger partial charge in [-0.3, -0.25) is 4.90 Å². The van der Waals surface area contributed by atoms with Gasteiger partial charge < -0.3 is 14.8 Å². The van der Waals surface area contributed by atoms with E-state index in [4.69, 9.17) is 9.47 Å². The van der Waals surface area contributed by atoms with Crippen LogP contribution in [0.1, 0.15) is 26.7 Å². The summed E-state index contributed by atoms with van der Waals surface area (Å²) in [6, 6.07) is 0. The number of hydrogen-bond donors (Lipinski definition) is 1. The summed E-state index contributed by atoms with van der Waals surface area (Å²) >= 11 is 0. The maximum atomic E-state index is 5.40. The number of rotatable bonds is 7. The van der Waals surface area contributed by atoms with Crippen LogP contribution in [0.2, 0.25) is 0 Å². The molecule has 0 aromatic rings. The van der Waals surface area contributed by atoms with Gasteiger partial charge in [-0.25, -0.2) is 0 Å².